The number of pyridine rings is 1. The lowest BCUT2D eigenvalue weighted by Crippen LogP contribution is -2.14. The second-order valence-corrected chi connectivity index (χ2v) is 5.99. The third-order valence-electron chi connectivity index (χ3n) is 4.03. The molecule has 0 radical (unpaired) electrons. The third kappa shape index (κ3) is 3.88. The zero-order valence-electron chi connectivity index (χ0n) is 14.7. The van der Waals surface area contributed by atoms with Gasteiger partial charge < -0.3 is 10.6 Å². The summed E-state index contributed by atoms with van der Waals surface area (Å²) in [6.45, 7) is 0. The number of nitrogens with zero attached hydrogens (tertiary/aromatic N) is 3. The lowest BCUT2D eigenvalue weighted by atomic mass is 10.2. The summed E-state index contributed by atoms with van der Waals surface area (Å²) >= 11 is 0. The normalized spacial score (nSPS) is 10.5. The highest BCUT2D eigenvalue weighted by Gasteiger charge is 2.13. The van der Waals surface area contributed by atoms with Gasteiger partial charge in [0.05, 0.1) is 11.3 Å². The van der Waals surface area contributed by atoms with Crippen molar-refractivity contribution in [2.75, 3.05) is 10.6 Å². The molecule has 4 aromatic rings. The smallest absolute Gasteiger partial charge is 0.259 e. The zero-order chi connectivity index (χ0) is 19.3. The number of aromatic nitrogens is 3. The number of hydrogen-bond donors (Lipinski definition) is 2. The number of anilines is 3. The van der Waals surface area contributed by atoms with Crippen molar-refractivity contribution in [2.45, 2.75) is 0 Å². The van der Waals surface area contributed by atoms with E-state index in [1.54, 1.807) is 53.5 Å². The number of hydrogen-bond acceptors (Lipinski definition) is 4. The quantitative estimate of drug-likeness (QED) is 0.544. The third-order valence-corrected chi connectivity index (χ3v) is 4.03. The second-order valence-electron chi connectivity index (χ2n) is 5.99. The molecule has 0 saturated carbocycles. The predicted octanol–water partition coefficient (Wildman–Crippen LogP) is 4.40. The highest BCUT2D eigenvalue weighted by molar-refractivity contribution is 6.07. The first kappa shape index (κ1) is 17.4. The summed E-state index contributed by atoms with van der Waals surface area (Å²) in [6, 6.07) is 18.5. The fraction of sp³-hybridized carbons (Fsp3) is 0. The van der Waals surface area contributed by atoms with Crippen LogP contribution >= 0.6 is 0 Å². The van der Waals surface area contributed by atoms with Crippen LogP contribution in [0.2, 0.25) is 0 Å². The first-order valence-electron chi connectivity index (χ1n) is 8.58. The van der Waals surface area contributed by atoms with Crippen LogP contribution in [0.25, 0.3) is 5.69 Å². The van der Waals surface area contributed by atoms with Crippen LogP contribution in [0, 0.1) is 5.82 Å². The molecule has 0 bridgehead atoms. The van der Waals surface area contributed by atoms with Crippen molar-refractivity contribution in [2.24, 2.45) is 0 Å². The fourth-order valence-corrected chi connectivity index (χ4v) is 2.71. The summed E-state index contributed by atoms with van der Waals surface area (Å²) in [5.74, 6) is -0.346. The number of rotatable bonds is 5. The van der Waals surface area contributed by atoms with Crippen LogP contribution in [0.1, 0.15) is 10.4 Å². The first-order valence-corrected chi connectivity index (χ1v) is 8.58. The molecule has 1 amide bonds. The molecule has 0 aliphatic heterocycles. The topological polar surface area (TPSA) is 71.8 Å². The van der Waals surface area contributed by atoms with Crippen molar-refractivity contribution < 1.29 is 9.18 Å². The number of carbonyl (C=O) groups excluding carboxylic acids is 1. The standard InChI is InChI=1S/C21H16FN5O/c22-15-4-1-5-17(14-15)25-20-19(6-2-11-23-20)21(28)26-16-7-9-18(10-8-16)27-13-3-12-24-27/h1-14H,(H,23,25)(H,26,28). The molecule has 28 heavy (non-hydrogen) atoms. The molecular weight excluding hydrogens is 357 g/mol. The molecule has 6 nitrogen and oxygen atoms in total. The molecule has 0 saturated heterocycles. The predicted molar refractivity (Wildman–Crippen MR) is 105 cm³/mol. The Bertz CT molecular complexity index is 1090. The van der Waals surface area contributed by atoms with Gasteiger partial charge in [0, 0.05) is 30.0 Å². The van der Waals surface area contributed by atoms with E-state index in [0.29, 0.717) is 22.8 Å². The summed E-state index contributed by atoms with van der Waals surface area (Å²) < 4.78 is 15.1. The molecule has 0 aliphatic carbocycles. The Morgan fingerprint density at radius 3 is 2.54 bits per heavy atom. The van der Waals surface area contributed by atoms with Crippen LogP contribution in [-0.2, 0) is 0 Å². The summed E-state index contributed by atoms with van der Waals surface area (Å²) in [5.41, 5.74) is 2.39. The Morgan fingerprint density at radius 2 is 1.79 bits per heavy atom. The van der Waals surface area contributed by atoms with Crippen molar-refractivity contribution in [3.8, 4) is 5.69 Å². The summed E-state index contributed by atoms with van der Waals surface area (Å²) in [4.78, 5) is 16.9. The lowest BCUT2D eigenvalue weighted by molar-refractivity contribution is 0.102. The van der Waals surface area contributed by atoms with Gasteiger partial charge in [0.25, 0.3) is 5.91 Å². The number of benzene rings is 2. The number of halogens is 1. The van der Waals surface area contributed by atoms with Gasteiger partial charge in [-0.1, -0.05) is 6.07 Å². The minimum Gasteiger partial charge on any atom is -0.339 e. The average molecular weight is 373 g/mol. The molecule has 2 aromatic heterocycles. The van der Waals surface area contributed by atoms with E-state index in [4.69, 9.17) is 0 Å². The van der Waals surface area contributed by atoms with Crippen LogP contribution in [0.4, 0.5) is 21.6 Å². The van der Waals surface area contributed by atoms with Crippen LogP contribution in [0.5, 0.6) is 0 Å². The van der Waals surface area contributed by atoms with Crippen LogP contribution in [0.15, 0.2) is 85.3 Å². The van der Waals surface area contributed by atoms with Crippen LogP contribution < -0.4 is 10.6 Å². The lowest BCUT2D eigenvalue weighted by Gasteiger charge is -2.12. The second kappa shape index (κ2) is 7.71. The average Bonchev–Trinajstić information content (AvgIpc) is 3.24. The molecule has 2 N–H and O–H groups in total. The molecule has 4 rings (SSSR count). The van der Waals surface area contributed by atoms with Gasteiger partial charge in [-0.15, -0.1) is 0 Å². The summed E-state index contributed by atoms with van der Waals surface area (Å²) in [5, 5.41) is 10.00. The Balaban J connectivity index is 1.52. The molecule has 2 aromatic carbocycles. The SMILES string of the molecule is O=C(Nc1ccc(-n2cccn2)cc1)c1cccnc1Nc1cccc(F)c1. The van der Waals surface area contributed by atoms with Gasteiger partial charge in [0.1, 0.15) is 11.6 Å². The molecular formula is C21H16FN5O. The van der Waals surface area contributed by atoms with Crippen molar-refractivity contribution in [3.63, 3.8) is 0 Å². The highest BCUT2D eigenvalue weighted by Crippen LogP contribution is 2.21. The maximum atomic E-state index is 13.4. The molecule has 7 heteroatoms. The van der Waals surface area contributed by atoms with Crippen molar-refractivity contribution in [3.05, 3.63) is 96.7 Å². The minimum atomic E-state index is -0.371. The van der Waals surface area contributed by atoms with Crippen molar-refractivity contribution in [1.29, 1.82) is 0 Å². The minimum absolute atomic E-state index is 0.321. The van der Waals surface area contributed by atoms with E-state index in [1.165, 1.54) is 12.1 Å². The number of nitrogens with one attached hydrogen (secondary N) is 2. The van der Waals surface area contributed by atoms with Crippen LogP contribution in [-0.4, -0.2) is 20.7 Å². The van der Waals surface area contributed by atoms with E-state index >= 15 is 0 Å². The molecule has 0 aliphatic rings. The Labute approximate surface area is 160 Å². The van der Waals surface area contributed by atoms with Gasteiger partial charge >= 0.3 is 0 Å². The van der Waals surface area contributed by atoms with E-state index < -0.39 is 0 Å². The Hall–Kier alpha value is -4.00. The highest BCUT2D eigenvalue weighted by atomic mass is 19.1. The van der Waals surface area contributed by atoms with Gasteiger partial charge in [-0.2, -0.15) is 5.10 Å². The molecule has 2 heterocycles. The summed E-state index contributed by atoms with van der Waals surface area (Å²) in [7, 11) is 0. The molecule has 138 valence electrons. The Morgan fingerprint density at radius 1 is 0.929 bits per heavy atom. The maximum absolute atomic E-state index is 13.4. The first-order chi connectivity index (χ1) is 13.7. The van der Waals surface area contributed by atoms with Gasteiger partial charge in [-0.25, -0.2) is 14.1 Å². The van der Waals surface area contributed by atoms with E-state index in [1.807, 2.05) is 24.4 Å². The number of carbonyl (C=O) groups is 1. The zero-order valence-corrected chi connectivity index (χ0v) is 14.7. The van der Waals surface area contributed by atoms with Gasteiger partial charge in [-0.05, 0) is 60.7 Å². The monoisotopic (exact) mass is 373 g/mol. The fourth-order valence-electron chi connectivity index (χ4n) is 2.71. The van der Waals surface area contributed by atoms with Crippen LogP contribution in [0.3, 0.4) is 0 Å². The molecule has 0 unspecified atom stereocenters. The van der Waals surface area contributed by atoms with E-state index in [2.05, 4.69) is 20.7 Å². The summed E-state index contributed by atoms with van der Waals surface area (Å²) in [6.07, 6.45) is 5.11. The van der Waals surface area contributed by atoms with E-state index in [0.717, 1.165) is 5.69 Å². The van der Waals surface area contributed by atoms with Gasteiger partial charge in [-0.3, -0.25) is 4.79 Å². The largest absolute Gasteiger partial charge is 0.339 e. The van der Waals surface area contributed by atoms with E-state index in [-0.39, 0.29) is 11.7 Å². The Kier molecular flexibility index (Phi) is 4.79. The van der Waals surface area contributed by atoms with E-state index in [9.17, 15) is 9.18 Å². The van der Waals surface area contributed by atoms with Crippen molar-refractivity contribution >= 4 is 23.1 Å². The van der Waals surface area contributed by atoms with Gasteiger partial charge in [0.15, 0.2) is 0 Å². The molecule has 0 spiro atoms. The molecule has 0 fully saturated rings. The van der Waals surface area contributed by atoms with Crippen molar-refractivity contribution in [1.82, 2.24) is 14.8 Å². The maximum Gasteiger partial charge on any atom is 0.259 e. The molecule has 0 atom stereocenters. The van der Waals surface area contributed by atoms with Gasteiger partial charge in [0.2, 0.25) is 0 Å². The number of amides is 1.